The Labute approximate surface area is 102 Å². The zero-order chi connectivity index (χ0) is 12.8. The van der Waals surface area contributed by atoms with Crippen LogP contribution < -0.4 is 5.32 Å². The van der Waals surface area contributed by atoms with Crippen molar-refractivity contribution in [1.29, 1.82) is 0 Å². The van der Waals surface area contributed by atoms with Crippen LogP contribution in [-0.4, -0.2) is 29.6 Å². The van der Waals surface area contributed by atoms with E-state index in [1.165, 1.54) is 13.3 Å². The molecule has 0 radical (unpaired) electrons. The second kappa shape index (κ2) is 6.18. The predicted octanol–water partition coefficient (Wildman–Crippen LogP) is 1.97. The maximum Gasteiger partial charge on any atom is 0.358 e. The number of aromatic nitrogens is 2. The Morgan fingerprint density at radius 3 is 2.53 bits per heavy atom. The summed E-state index contributed by atoms with van der Waals surface area (Å²) >= 11 is 0. The fourth-order valence-corrected chi connectivity index (χ4v) is 1.13. The standard InChI is InChI=1S/C12H19N3O2/c1-8(2)9(3)5-14-11-7-13-10(6-15-11)12(16)17-4/h6-9H,5H2,1-4H3,(H,14,15). The van der Waals surface area contributed by atoms with E-state index in [1.807, 2.05) is 0 Å². The van der Waals surface area contributed by atoms with E-state index in [1.54, 1.807) is 6.20 Å². The Kier molecular flexibility index (Phi) is 4.87. The van der Waals surface area contributed by atoms with E-state index in [9.17, 15) is 4.79 Å². The summed E-state index contributed by atoms with van der Waals surface area (Å²) in [5, 5.41) is 3.18. The number of anilines is 1. The van der Waals surface area contributed by atoms with Crippen LogP contribution in [0.4, 0.5) is 5.82 Å². The van der Waals surface area contributed by atoms with Gasteiger partial charge in [-0.2, -0.15) is 0 Å². The van der Waals surface area contributed by atoms with Gasteiger partial charge in [-0.1, -0.05) is 20.8 Å². The van der Waals surface area contributed by atoms with Crippen molar-refractivity contribution in [2.75, 3.05) is 19.0 Å². The first kappa shape index (κ1) is 13.4. The second-order valence-corrected chi connectivity index (χ2v) is 4.38. The van der Waals surface area contributed by atoms with E-state index in [2.05, 4.69) is 40.8 Å². The van der Waals surface area contributed by atoms with Gasteiger partial charge in [-0.05, 0) is 11.8 Å². The third-order valence-corrected chi connectivity index (χ3v) is 2.79. The molecule has 0 saturated heterocycles. The van der Waals surface area contributed by atoms with E-state index < -0.39 is 5.97 Å². The fraction of sp³-hybridized carbons (Fsp3) is 0.583. The van der Waals surface area contributed by atoms with Crippen LogP contribution in [0.1, 0.15) is 31.3 Å². The number of nitrogens with zero attached hydrogens (tertiary/aromatic N) is 2. The summed E-state index contributed by atoms with van der Waals surface area (Å²) < 4.78 is 4.54. The van der Waals surface area contributed by atoms with E-state index in [0.29, 0.717) is 17.7 Å². The molecule has 0 aliphatic carbocycles. The average Bonchev–Trinajstić information content (AvgIpc) is 2.35. The van der Waals surface area contributed by atoms with Crippen molar-refractivity contribution >= 4 is 11.8 Å². The van der Waals surface area contributed by atoms with Crippen molar-refractivity contribution in [2.24, 2.45) is 11.8 Å². The summed E-state index contributed by atoms with van der Waals surface area (Å²) in [5.74, 6) is 1.37. The quantitative estimate of drug-likeness (QED) is 0.793. The van der Waals surface area contributed by atoms with Crippen molar-refractivity contribution in [1.82, 2.24) is 9.97 Å². The van der Waals surface area contributed by atoms with Gasteiger partial charge in [0.15, 0.2) is 5.69 Å². The largest absolute Gasteiger partial charge is 0.464 e. The highest BCUT2D eigenvalue weighted by molar-refractivity contribution is 5.86. The molecule has 0 bridgehead atoms. The van der Waals surface area contributed by atoms with Gasteiger partial charge in [-0.3, -0.25) is 0 Å². The summed E-state index contributed by atoms with van der Waals surface area (Å²) in [5.41, 5.74) is 0.218. The minimum absolute atomic E-state index is 0.218. The van der Waals surface area contributed by atoms with Crippen molar-refractivity contribution < 1.29 is 9.53 Å². The molecule has 1 N–H and O–H groups in total. The molecule has 1 unspecified atom stereocenters. The first-order chi connectivity index (χ1) is 8.04. The summed E-state index contributed by atoms with van der Waals surface area (Å²) in [7, 11) is 1.32. The molecule has 1 heterocycles. The summed E-state index contributed by atoms with van der Waals surface area (Å²) in [6.45, 7) is 7.37. The normalized spacial score (nSPS) is 12.3. The van der Waals surface area contributed by atoms with Crippen LogP contribution in [0.3, 0.4) is 0 Å². The molecule has 0 aromatic carbocycles. The first-order valence-corrected chi connectivity index (χ1v) is 5.68. The van der Waals surface area contributed by atoms with Crippen LogP contribution in [0.25, 0.3) is 0 Å². The molecule has 0 spiro atoms. The number of ether oxygens (including phenoxy) is 1. The Hall–Kier alpha value is -1.65. The lowest BCUT2D eigenvalue weighted by Crippen LogP contribution is -2.17. The van der Waals surface area contributed by atoms with Crippen LogP contribution in [-0.2, 0) is 4.74 Å². The molecule has 0 amide bonds. The molecule has 1 atom stereocenters. The van der Waals surface area contributed by atoms with Gasteiger partial charge in [0.2, 0.25) is 0 Å². The monoisotopic (exact) mass is 237 g/mol. The molecule has 1 rings (SSSR count). The van der Waals surface area contributed by atoms with Crippen molar-refractivity contribution in [3.05, 3.63) is 18.1 Å². The summed E-state index contributed by atoms with van der Waals surface area (Å²) in [6, 6.07) is 0. The lowest BCUT2D eigenvalue weighted by atomic mass is 9.98. The zero-order valence-electron chi connectivity index (χ0n) is 10.7. The van der Waals surface area contributed by atoms with Gasteiger partial charge in [0.05, 0.1) is 19.5 Å². The third kappa shape index (κ3) is 4.01. The number of carbonyl (C=O) groups excluding carboxylic acids is 1. The van der Waals surface area contributed by atoms with E-state index in [0.717, 1.165) is 6.54 Å². The third-order valence-electron chi connectivity index (χ3n) is 2.79. The van der Waals surface area contributed by atoms with Crippen LogP contribution in [0.5, 0.6) is 0 Å². The molecule has 5 heteroatoms. The van der Waals surface area contributed by atoms with Gasteiger partial charge in [-0.25, -0.2) is 14.8 Å². The Morgan fingerprint density at radius 1 is 1.35 bits per heavy atom. The SMILES string of the molecule is COC(=O)c1cnc(NCC(C)C(C)C)cn1. The Balaban J connectivity index is 2.54. The second-order valence-electron chi connectivity index (χ2n) is 4.38. The van der Waals surface area contributed by atoms with Crippen LogP contribution in [0, 0.1) is 11.8 Å². The molecule has 0 fully saturated rings. The van der Waals surface area contributed by atoms with Crippen molar-refractivity contribution in [2.45, 2.75) is 20.8 Å². The molecule has 0 saturated carbocycles. The van der Waals surface area contributed by atoms with E-state index in [4.69, 9.17) is 0 Å². The summed E-state index contributed by atoms with van der Waals surface area (Å²) in [4.78, 5) is 19.2. The molecule has 1 aromatic rings. The van der Waals surface area contributed by atoms with E-state index >= 15 is 0 Å². The molecule has 0 aliphatic rings. The maximum atomic E-state index is 11.1. The van der Waals surface area contributed by atoms with Crippen LogP contribution >= 0.6 is 0 Å². The smallest absolute Gasteiger partial charge is 0.358 e. The highest BCUT2D eigenvalue weighted by Crippen LogP contribution is 2.10. The van der Waals surface area contributed by atoms with Crippen LogP contribution in [0.15, 0.2) is 12.4 Å². The summed E-state index contributed by atoms with van der Waals surface area (Å²) in [6.07, 6.45) is 2.95. The first-order valence-electron chi connectivity index (χ1n) is 5.68. The van der Waals surface area contributed by atoms with Gasteiger partial charge in [0, 0.05) is 6.54 Å². The lowest BCUT2D eigenvalue weighted by Gasteiger charge is -2.16. The molecule has 1 aromatic heterocycles. The topological polar surface area (TPSA) is 64.1 Å². The average molecular weight is 237 g/mol. The van der Waals surface area contributed by atoms with Gasteiger partial charge < -0.3 is 10.1 Å². The zero-order valence-corrected chi connectivity index (χ0v) is 10.7. The highest BCUT2D eigenvalue weighted by Gasteiger charge is 2.09. The number of carbonyl (C=O) groups is 1. The number of hydrogen-bond donors (Lipinski definition) is 1. The number of rotatable bonds is 5. The number of esters is 1. The maximum absolute atomic E-state index is 11.1. The van der Waals surface area contributed by atoms with Crippen molar-refractivity contribution in [3.8, 4) is 0 Å². The minimum atomic E-state index is -0.473. The van der Waals surface area contributed by atoms with Gasteiger partial charge >= 0.3 is 5.97 Å². The number of hydrogen-bond acceptors (Lipinski definition) is 5. The van der Waals surface area contributed by atoms with Gasteiger partial charge in [0.25, 0.3) is 0 Å². The lowest BCUT2D eigenvalue weighted by molar-refractivity contribution is 0.0593. The highest BCUT2D eigenvalue weighted by atomic mass is 16.5. The Morgan fingerprint density at radius 2 is 2.06 bits per heavy atom. The molecular weight excluding hydrogens is 218 g/mol. The van der Waals surface area contributed by atoms with Crippen molar-refractivity contribution in [3.63, 3.8) is 0 Å². The minimum Gasteiger partial charge on any atom is -0.464 e. The molecule has 94 valence electrons. The number of methoxy groups -OCH3 is 1. The molecule has 17 heavy (non-hydrogen) atoms. The fourth-order valence-electron chi connectivity index (χ4n) is 1.13. The molecule has 5 nitrogen and oxygen atoms in total. The predicted molar refractivity (Wildman–Crippen MR) is 65.9 cm³/mol. The Bertz CT molecular complexity index is 363. The van der Waals surface area contributed by atoms with Crippen LogP contribution in [0.2, 0.25) is 0 Å². The molecular formula is C12H19N3O2. The van der Waals surface area contributed by atoms with Gasteiger partial charge in [-0.15, -0.1) is 0 Å². The molecule has 0 aliphatic heterocycles. The van der Waals surface area contributed by atoms with E-state index in [-0.39, 0.29) is 5.69 Å². The van der Waals surface area contributed by atoms with Gasteiger partial charge in [0.1, 0.15) is 5.82 Å². The number of nitrogens with one attached hydrogen (secondary N) is 1.